The minimum absolute atomic E-state index is 0.232. The molecular weight excluding hydrogens is 329 g/mol. The molecule has 0 saturated heterocycles. The van der Waals surface area contributed by atoms with E-state index >= 15 is 0 Å². The van der Waals surface area contributed by atoms with Crippen LogP contribution in [-0.4, -0.2) is 27.7 Å². The molecule has 0 aliphatic carbocycles. The summed E-state index contributed by atoms with van der Waals surface area (Å²) in [5.74, 6) is -0.566. The second kappa shape index (κ2) is 7.40. The molecule has 9 heteroatoms. The Hall–Kier alpha value is -2.16. The number of hydrogen-bond acceptors (Lipinski definition) is 4. The number of alkyl halides is 3. The monoisotopic (exact) mass is 344 g/mol. The molecule has 0 atom stereocenters. The Balaban J connectivity index is 2.20. The van der Waals surface area contributed by atoms with Crippen molar-refractivity contribution in [1.82, 2.24) is 14.9 Å². The number of aromatic amines is 1. The summed E-state index contributed by atoms with van der Waals surface area (Å²) in [5.41, 5.74) is 0.593. The summed E-state index contributed by atoms with van der Waals surface area (Å²) in [4.78, 5) is 0. The number of hydrogen-bond donors (Lipinski definition) is 1. The molecule has 0 radical (unpaired) electrons. The number of nitrogens with zero attached hydrogens (tertiary/aromatic N) is 3. The van der Waals surface area contributed by atoms with Crippen molar-refractivity contribution in [1.29, 1.82) is 0 Å². The summed E-state index contributed by atoms with van der Waals surface area (Å²) in [7, 11) is 0. The van der Waals surface area contributed by atoms with E-state index in [0.717, 1.165) is 12.8 Å². The maximum atomic E-state index is 12.8. The molecule has 0 aliphatic rings. The number of aromatic nitrogens is 3. The van der Waals surface area contributed by atoms with E-state index in [1.807, 2.05) is 0 Å². The quantitative estimate of drug-likeness (QED) is 0.489. The number of ether oxygens (including phenoxy) is 1. The summed E-state index contributed by atoms with van der Waals surface area (Å²) in [6.45, 7) is 2.64. The molecule has 2 aromatic rings. The molecule has 1 aromatic carbocycles. The fourth-order valence-electron chi connectivity index (χ4n) is 1.73. The van der Waals surface area contributed by atoms with Gasteiger partial charge in [0.15, 0.2) is 0 Å². The molecule has 0 spiro atoms. The van der Waals surface area contributed by atoms with Crippen molar-refractivity contribution in [2.45, 2.75) is 25.9 Å². The van der Waals surface area contributed by atoms with Crippen molar-refractivity contribution in [3.63, 3.8) is 0 Å². The first-order valence-electron chi connectivity index (χ1n) is 6.93. The van der Waals surface area contributed by atoms with Crippen LogP contribution in [0.4, 0.5) is 13.2 Å². The van der Waals surface area contributed by atoms with Crippen LogP contribution in [0.3, 0.4) is 0 Å². The zero-order chi connectivity index (χ0) is 16.9. The lowest BCUT2D eigenvalue weighted by Gasteiger charge is -2.06. The Morgan fingerprint density at radius 1 is 1.43 bits per heavy atom. The third kappa shape index (κ3) is 4.65. The van der Waals surface area contributed by atoms with Crippen LogP contribution in [0.5, 0.6) is 5.75 Å². The van der Waals surface area contributed by atoms with Gasteiger partial charge < -0.3 is 4.74 Å². The van der Waals surface area contributed by atoms with E-state index in [1.54, 1.807) is 24.3 Å². The summed E-state index contributed by atoms with van der Waals surface area (Å²) in [6.07, 6.45) is -1.43. The van der Waals surface area contributed by atoms with Gasteiger partial charge in [0.25, 0.3) is 5.82 Å². The first-order chi connectivity index (χ1) is 10.9. The van der Waals surface area contributed by atoms with Gasteiger partial charge >= 0.3 is 6.18 Å². The Morgan fingerprint density at radius 2 is 2.22 bits per heavy atom. The van der Waals surface area contributed by atoms with E-state index in [4.69, 9.17) is 17.0 Å². The van der Waals surface area contributed by atoms with Crippen LogP contribution in [0.15, 0.2) is 29.4 Å². The predicted molar refractivity (Wildman–Crippen MR) is 82.3 cm³/mol. The van der Waals surface area contributed by atoms with Crippen molar-refractivity contribution in [2.75, 3.05) is 6.61 Å². The van der Waals surface area contributed by atoms with Gasteiger partial charge in [-0.05, 0) is 36.3 Å². The van der Waals surface area contributed by atoms with Gasteiger partial charge in [-0.1, -0.05) is 25.5 Å². The van der Waals surface area contributed by atoms with E-state index in [2.05, 4.69) is 22.2 Å². The van der Waals surface area contributed by atoms with Crippen molar-refractivity contribution in [2.24, 2.45) is 5.10 Å². The van der Waals surface area contributed by atoms with E-state index < -0.39 is 12.0 Å². The highest BCUT2D eigenvalue weighted by Crippen LogP contribution is 2.27. The van der Waals surface area contributed by atoms with Gasteiger partial charge in [0, 0.05) is 0 Å². The molecule has 0 aliphatic heterocycles. The van der Waals surface area contributed by atoms with Crippen LogP contribution >= 0.6 is 12.2 Å². The molecule has 124 valence electrons. The molecule has 0 amide bonds. The molecule has 5 nitrogen and oxygen atoms in total. The molecule has 0 fully saturated rings. The Morgan fingerprint density at radius 3 is 2.91 bits per heavy atom. The van der Waals surface area contributed by atoms with Gasteiger partial charge in [0.2, 0.25) is 4.77 Å². The second-order valence-corrected chi connectivity index (χ2v) is 5.07. The van der Waals surface area contributed by atoms with Crippen LogP contribution in [-0.2, 0) is 6.18 Å². The van der Waals surface area contributed by atoms with Crippen LogP contribution < -0.4 is 4.74 Å². The molecule has 0 saturated carbocycles. The maximum Gasteiger partial charge on any atom is 0.453 e. The number of H-pyrrole nitrogens is 1. The topological polar surface area (TPSA) is 55.2 Å². The molecule has 23 heavy (non-hydrogen) atoms. The lowest BCUT2D eigenvalue weighted by Crippen LogP contribution is -2.12. The van der Waals surface area contributed by atoms with E-state index in [9.17, 15) is 13.2 Å². The molecule has 2 rings (SSSR count). The number of unbranched alkanes of at least 4 members (excludes halogenated alkanes) is 1. The zero-order valence-electron chi connectivity index (χ0n) is 12.3. The normalized spacial score (nSPS) is 12.0. The fourth-order valence-corrected chi connectivity index (χ4v) is 1.90. The van der Waals surface area contributed by atoms with Crippen LogP contribution in [0.25, 0.3) is 0 Å². The summed E-state index contributed by atoms with van der Waals surface area (Å²) in [6, 6.07) is 6.91. The number of nitrogens with one attached hydrogen (secondary N) is 1. The van der Waals surface area contributed by atoms with E-state index in [1.165, 1.54) is 6.21 Å². The Labute approximate surface area is 135 Å². The van der Waals surface area contributed by atoms with Gasteiger partial charge in [0.05, 0.1) is 12.8 Å². The van der Waals surface area contributed by atoms with Crippen molar-refractivity contribution in [3.8, 4) is 5.75 Å². The standard InChI is InChI=1S/C14H15F3N4OS/c1-2-3-7-22-11-6-4-5-10(8-11)9-18-21-12(14(15,16)17)19-20-13(21)23/h4-6,8-9H,2-3,7H2,1H3,(H,20,23)/b18-9-. The first-order valence-corrected chi connectivity index (χ1v) is 7.34. The lowest BCUT2D eigenvalue weighted by molar-refractivity contribution is -0.147. The minimum atomic E-state index is -4.64. The smallest absolute Gasteiger partial charge is 0.453 e. The number of rotatable bonds is 6. The predicted octanol–water partition coefficient (Wildman–Crippen LogP) is 4.02. The third-order valence-corrected chi connectivity index (χ3v) is 3.12. The molecule has 0 unspecified atom stereocenters. The second-order valence-electron chi connectivity index (χ2n) is 4.68. The van der Waals surface area contributed by atoms with Crippen LogP contribution in [0.1, 0.15) is 31.2 Å². The highest BCUT2D eigenvalue weighted by Gasteiger charge is 2.37. The van der Waals surface area contributed by atoms with Gasteiger partial charge in [-0.2, -0.15) is 22.9 Å². The largest absolute Gasteiger partial charge is 0.494 e. The molecular formula is C14H15F3N4OS. The van der Waals surface area contributed by atoms with Crippen LogP contribution in [0, 0.1) is 4.77 Å². The highest BCUT2D eigenvalue weighted by molar-refractivity contribution is 7.71. The van der Waals surface area contributed by atoms with Crippen molar-refractivity contribution in [3.05, 3.63) is 40.4 Å². The maximum absolute atomic E-state index is 12.8. The van der Waals surface area contributed by atoms with Crippen LogP contribution in [0.2, 0.25) is 0 Å². The Bertz CT molecular complexity index is 736. The van der Waals surface area contributed by atoms with Gasteiger partial charge in [-0.15, -0.1) is 5.10 Å². The Kier molecular flexibility index (Phi) is 5.54. The average Bonchev–Trinajstić information content (AvgIpc) is 2.87. The zero-order valence-corrected chi connectivity index (χ0v) is 13.1. The highest BCUT2D eigenvalue weighted by atomic mass is 32.1. The van der Waals surface area contributed by atoms with E-state index in [-0.39, 0.29) is 4.77 Å². The SMILES string of the molecule is CCCCOc1cccc(/C=N\n2c(C(F)(F)F)n[nH]c2=S)c1. The van der Waals surface area contributed by atoms with Crippen molar-refractivity contribution >= 4 is 18.4 Å². The average molecular weight is 344 g/mol. The number of benzene rings is 1. The molecule has 1 aromatic heterocycles. The molecule has 1 heterocycles. The molecule has 0 bridgehead atoms. The minimum Gasteiger partial charge on any atom is -0.494 e. The summed E-state index contributed by atoms with van der Waals surface area (Å²) >= 11 is 4.76. The van der Waals surface area contributed by atoms with Gasteiger partial charge in [0.1, 0.15) is 5.75 Å². The van der Waals surface area contributed by atoms with Gasteiger partial charge in [-0.3, -0.25) is 0 Å². The van der Waals surface area contributed by atoms with Crippen molar-refractivity contribution < 1.29 is 17.9 Å². The lowest BCUT2D eigenvalue weighted by atomic mass is 10.2. The summed E-state index contributed by atoms with van der Waals surface area (Å²) < 4.78 is 44.2. The first kappa shape index (κ1) is 17.2. The number of halogens is 3. The van der Waals surface area contributed by atoms with Gasteiger partial charge in [-0.25, -0.2) is 5.10 Å². The van der Waals surface area contributed by atoms with E-state index in [0.29, 0.717) is 22.6 Å². The molecule has 1 N–H and O–H groups in total. The summed E-state index contributed by atoms with van der Waals surface area (Å²) in [5, 5.41) is 8.99. The fraction of sp³-hybridized carbons (Fsp3) is 0.357. The third-order valence-electron chi connectivity index (χ3n) is 2.85.